The van der Waals surface area contributed by atoms with Gasteiger partial charge in [0.25, 0.3) is 17.5 Å². The second-order valence-electron chi connectivity index (χ2n) is 7.33. The Morgan fingerprint density at radius 1 is 1.17 bits per heavy atom. The molecule has 0 amide bonds. The molecular weight excluding hydrogens is 380 g/mol. The highest BCUT2D eigenvalue weighted by atomic mass is 19.3. The minimum atomic E-state index is -2.75. The van der Waals surface area contributed by atoms with E-state index in [-0.39, 0.29) is 11.5 Å². The van der Waals surface area contributed by atoms with Gasteiger partial charge in [-0.05, 0) is 30.9 Å². The first-order chi connectivity index (χ1) is 13.9. The highest BCUT2D eigenvalue weighted by Gasteiger charge is 2.23. The third kappa shape index (κ3) is 3.76. The first-order valence-corrected chi connectivity index (χ1v) is 9.49. The number of aromatic nitrogens is 4. The molecule has 1 aromatic carbocycles. The van der Waals surface area contributed by atoms with Crippen LogP contribution in [-0.4, -0.2) is 32.2 Å². The van der Waals surface area contributed by atoms with Crippen LogP contribution in [0.2, 0.25) is 0 Å². The Morgan fingerprint density at radius 3 is 2.59 bits per heavy atom. The molecular formula is C20H21F2N5O2. The van der Waals surface area contributed by atoms with Gasteiger partial charge < -0.3 is 4.90 Å². The third-order valence-electron chi connectivity index (χ3n) is 5.44. The number of fused-ring (bicyclic) bond motifs is 1. The van der Waals surface area contributed by atoms with E-state index >= 15 is 0 Å². The number of hydrogen-bond acceptors (Lipinski definition) is 5. The molecule has 2 aromatic heterocycles. The lowest BCUT2D eigenvalue weighted by Crippen LogP contribution is -2.39. The number of anilines is 1. The van der Waals surface area contributed by atoms with Gasteiger partial charge in [0.2, 0.25) is 5.95 Å². The molecule has 7 nitrogen and oxygen atoms in total. The van der Waals surface area contributed by atoms with Crippen LogP contribution in [0.25, 0.3) is 10.9 Å². The molecule has 1 aliphatic rings. The smallest absolute Gasteiger partial charge is 0.280 e. The van der Waals surface area contributed by atoms with Crippen molar-refractivity contribution in [3.63, 3.8) is 0 Å². The van der Waals surface area contributed by atoms with Crippen molar-refractivity contribution in [2.75, 3.05) is 18.0 Å². The van der Waals surface area contributed by atoms with Gasteiger partial charge in [0.1, 0.15) is 5.69 Å². The zero-order valence-corrected chi connectivity index (χ0v) is 16.0. The molecule has 3 heterocycles. The number of para-hydroxylation sites is 1. The molecule has 0 saturated carbocycles. The van der Waals surface area contributed by atoms with E-state index in [1.54, 1.807) is 17.7 Å². The van der Waals surface area contributed by atoms with Crippen LogP contribution in [0.3, 0.4) is 0 Å². The number of halogens is 2. The quantitative estimate of drug-likeness (QED) is 0.671. The van der Waals surface area contributed by atoms with E-state index in [0.717, 1.165) is 18.9 Å². The predicted octanol–water partition coefficient (Wildman–Crippen LogP) is 2.34. The van der Waals surface area contributed by atoms with Gasteiger partial charge in [-0.15, -0.1) is 0 Å². The fourth-order valence-electron chi connectivity index (χ4n) is 3.78. The monoisotopic (exact) mass is 401 g/mol. The molecule has 0 N–H and O–H groups in total. The molecule has 4 rings (SSSR count). The van der Waals surface area contributed by atoms with Crippen LogP contribution in [-0.2, 0) is 13.6 Å². The van der Waals surface area contributed by atoms with Gasteiger partial charge in [0, 0.05) is 32.7 Å². The molecule has 0 atom stereocenters. The second-order valence-corrected chi connectivity index (χ2v) is 7.33. The Morgan fingerprint density at radius 2 is 1.90 bits per heavy atom. The maximum Gasteiger partial charge on any atom is 0.280 e. The number of benzene rings is 1. The van der Waals surface area contributed by atoms with Crippen molar-refractivity contribution in [1.82, 2.24) is 19.1 Å². The normalized spacial score (nSPS) is 15.4. The molecule has 9 heteroatoms. The van der Waals surface area contributed by atoms with Crippen LogP contribution in [0, 0.1) is 5.92 Å². The van der Waals surface area contributed by atoms with Crippen LogP contribution < -0.4 is 16.0 Å². The molecule has 0 radical (unpaired) electrons. The first kappa shape index (κ1) is 19.2. The topological polar surface area (TPSA) is 73.0 Å². The van der Waals surface area contributed by atoms with E-state index in [0.29, 0.717) is 36.5 Å². The van der Waals surface area contributed by atoms with Gasteiger partial charge in [0.05, 0.1) is 17.2 Å². The van der Waals surface area contributed by atoms with Gasteiger partial charge in [-0.1, -0.05) is 12.1 Å². The van der Waals surface area contributed by atoms with Crippen molar-refractivity contribution in [2.45, 2.75) is 25.8 Å². The Balaban J connectivity index is 1.48. The maximum atomic E-state index is 12.7. The molecule has 0 unspecified atom stereocenters. The lowest BCUT2D eigenvalue weighted by atomic mass is 9.97. The van der Waals surface area contributed by atoms with Crippen LogP contribution in [0.4, 0.5) is 14.7 Å². The van der Waals surface area contributed by atoms with E-state index in [2.05, 4.69) is 14.9 Å². The molecule has 0 aliphatic carbocycles. The largest absolute Gasteiger partial charge is 0.342 e. The summed E-state index contributed by atoms with van der Waals surface area (Å²) < 4.78 is 28.3. The van der Waals surface area contributed by atoms with Crippen molar-refractivity contribution in [2.24, 2.45) is 13.0 Å². The number of alkyl halides is 2. The maximum absolute atomic E-state index is 12.7. The molecule has 1 fully saturated rings. The minimum Gasteiger partial charge on any atom is -0.342 e. The molecule has 152 valence electrons. The van der Waals surface area contributed by atoms with Gasteiger partial charge >= 0.3 is 0 Å². The van der Waals surface area contributed by atoms with Crippen molar-refractivity contribution in [3.8, 4) is 0 Å². The minimum absolute atomic E-state index is 0.0792. The SMILES string of the molecule is Cn1c(N2CCC(Cn3cnc(C(F)F)cc3=O)CC2)nc2ccccc2c1=O. The summed E-state index contributed by atoms with van der Waals surface area (Å²) in [6.45, 7) is 1.83. The summed E-state index contributed by atoms with van der Waals surface area (Å²) >= 11 is 0. The van der Waals surface area contributed by atoms with Gasteiger partial charge in [-0.2, -0.15) is 0 Å². The molecule has 1 aliphatic heterocycles. The first-order valence-electron chi connectivity index (χ1n) is 9.49. The Kier molecular flexibility index (Phi) is 5.12. The molecule has 29 heavy (non-hydrogen) atoms. The van der Waals surface area contributed by atoms with Gasteiger partial charge in [0.15, 0.2) is 0 Å². The van der Waals surface area contributed by atoms with E-state index in [9.17, 15) is 18.4 Å². The second kappa shape index (κ2) is 7.73. The van der Waals surface area contributed by atoms with E-state index in [1.807, 2.05) is 18.2 Å². The zero-order valence-electron chi connectivity index (χ0n) is 16.0. The average molecular weight is 401 g/mol. The summed E-state index contributed by atoms with van der Waals surface area (Å²) in [7, 11) is 1.72. The van der Waals surface area contributed by atoms with Crippen LogP contribution in [0.1, 0.15) is 25.0 Å². The summed E-state index contributed by atoms with van der Waals surface area (Å²) in [6.07, 6.45) is 0.0455. The summed E-state index contributed by atoms with van der Waals surface area (Å²) in [5, 5.41) is 0.591. The average Bonchev–Trinajstić information content (AvgIpc) is 2.72. The van der Waals surface area contributed by atoms with Gasteiger partial charge in [-0.25, -0.2) is 18.7 Å². The lowest BCUT2D eigenvalue weighted by Gasteiger charge is -2.33. The Bertz CT molecular complexity index is 1150. The molecule has 0 bridgehead atoms. The van der Waals surface area contributed by atoms with E-state index in [1.165, 1.54) is 10.9 Å². The summed E-state index contributed by atoms with van der Waals surface area (Å²) in [6, 6.07) is 8.17. The molecule has 3 aromatic rings. The zero-order chi connectivity index (χ0) is 20.5. The van der Waals surface area contributed by atoms with E-state index in [4.69, 9.17) is 0 Å². The summed E-state index contributed by atoms with van der Waals surface area (Å²) in [4.78, 5) is 35.1. The standard InChI is InChI=1S/C20H21F2N5O2/c1-25-19(29)14-4-2-3-5-15(14)24-20(25)26-8-6-13(7-9-26)11-27-12-23-16(18(21)22)10-17(27)28/h2-5,10,12-13,18H,6-9,11H2,1H3. The summed E-state index contributed by atoms with van der Waals surface area (Å²) in [5.41, 5.74) is -0.366. The lowest BCUT2D eigenvalue weighted by molar-refractivity contribution is 0.145. The van der Waals surface area contributed by atoms with Crippen molar-refractivity contribution in [1.29, 1.82) is 0 Å². The van der Waals surface area contributed by atoms with Gasteiger partial charge in [-0.3, -0.25) is 18.7 Å². The number of nitrogens with zero attached hydrogens (tertiary/aromatic N) is 5. The third-order valence-corrected chi connectivity index (χ3v) is 5.44. The van der Waals surface area contributed by atoms with Crippen LogP contribution in [0.15, 0.2) is 46.2 Å². The van der Waals surface area contributed by atoms with Crippen molar-refractivity contribution in [3.05, 3.63) is 63.1 Å². The van der Waals surface area contributed by atoms with E-state index < -0.39 is 17.7 Å². The Labute approximate surface area is 165 Å². The van der Waals surface area contributed by atoms with Crippen molar-refractivity contribution >= 4 is 16.9 Å². The predicted molar refractivity (Wildman–Crippen MR) is 105 cm³/mol. The number of piperidine rings is 1. The Hall–Kier alpha value is -3.10. The van der Waals surface area contributed by atoms with Crippen LogP contribution >= 0.6 is 0 Å². The molecule has 0 spiro atoms. The number of rotatable bonds is 4. The number of hydrogen-bond donors (Lipinski definition) is 0. The highest BCUT2D eigenvalue weighted by Crippen LogP contribution is 2.23. The fourth-order valence-corrected chi connectivity index (χ4v) is 3.78. The van der Waals surface area contributed by atoms with Crippen molar-refractivity contribution < 1.29 is 8.78 Å². The summed E-state index contributed by atoms with van der Waals surface area (Å²) in [5.74, 6) is 0.855. The molecule has 1 saturated heterocycles. The fraction of sp³-hybridized carbons (Fsp3) is 0.400. The van der Waals surface area contributed by atoms with Crippen LogP contribution in [0.5, 0.6) is 0 Å². The highest BCUT2D eigenvalue weighted by molar-refractivity contribution is 5.78.